The summed E-state index contributed by atoms with van der Waals surface area (Å²) in [5.74, 6) is 1.64. The van der Waals surface area contributed by atoms with E-state index in [0.717, 1.165) is 17.1 Å². The van der Waals surface area contributed by atoms with Gasteiger partial charge >= 0.3 is 0 Å². The van der Waals surface area contributed by atoms with E-state index in [1.807, 2.05) is 49.4 Å². The van der Waals surface area contributed by atoms with Crippen molar-refractivity contribution in [1.29, 1.82) is 0 Å². The second-order valence-corrected chi connectivity index (χ2v) is 3.95. The highest BCUT2D eigenvalue weighted by atomic mass is 16.3. The van der Waals surface area contributed by atoms with Gasteiger partial charge in [-0.25, -0.2) is 0 Å². The molecule has 0 aliphatic rings. The summed E-state index contributed by atoms with van der Waals surface area (Å²) in [5.41, 5.74) is 1.01. The van der Waals surface area contributed by atoms with Crippen molar-refractivity contribution in [3.05, 3.63) is 59.5 Å². The highest BCUT2D eigenvalue weighted by Crippen LogP contribution is 2.05. The first-order chi connectivity index (χ1) is 8.24. The van der Waals surface area contributed by atoms with Crippen LogP contribution in [-0.4, -0.2) is 5.91 Å². The summed E-state index contributed by atoms with van der Waals surface area (Å²) in [6, 6.07) is 13.4. The van der Waals surface area contributed by atoms with Crippen LogP contribution in [0.1, 0.15) is 17.1 Å². The summed E-state index contributed by atoms with van der Waals surface area (Å²) in [4.78, 5) is 11.6. The van der Waals surface area contributed by atoms with Crippen molar-refractivity contribution < 1.29 is 9.21 Å². The molecule has 1 aromatic heterocycles. The van der Waals surface area contributed by atoms with Crippen LogP contribution in [0.4, 0.5) is 0 Å². The summed E-state index contributed by atoms with van der Waals surface area (Å²) in [7, 11) is 0. The van der Waals surface area contributed by atoms with Crippen molar-refractivity contribution in [3.8, 4) is 0 Å². The Morgan fingerprint density at radius 1 is 1.18 bits per heavy atom. The standard InChI is InChI=1S/C14H15NO2/c1-11-7-8-13(17-11)10-15-14(16)9-12-5-3-2-4-6-12/h2-8H,9-10H2,1H3,(H,15,16). The van der Waals surface area contributed by atoms with Crippen LogP contribution in [0.25, 0.3) is 0 Å². The molecule has 1 N–H and O–H groups in total. The molecule has 0 spiro atoms. The number of benzene rings is 1. The zero-order valence-corrected chi connectivity index (χ0v) is 9.77. The molecule has 0 aliphatic heterocycles. The Balaban J connectivity index is 1.82. The van der Waals surface area contributed by atoms with Gasteiger partial charge in [-0.05, 0) is 24.6 Å². The van der Waals surface area contributed by atoms with Crippen molar-refractivity contribution in [3.63, 3.8) is 0 Å². The zero-order valence-electron chi connectivity index (χ0n) is 9.77. The molecule has 0 saturated carbocycles. The van der Waals surface area contributed by atoms with Gasteiger partial charge in [-0.2, -0.15) is 0 Å². The van der Waals surface area contributed by atoms with E-state index in [4.69, 9.17) is 4.42 Å². The van der Waals surface area contributed by atoms with Gasteiger partial charge in [-0.3, -0.25) is 4.79 Å². The van der Waals surface area contributed by atoms with E-state index in [9.17, 15) is 4.79 Å². The van der Waals surface area contributed by atoms with Crippen LogP contribution in [0.15, 0.2) is 46.9 Å². The smallest absolute Gasteiger partial charge is 0.224 e. The molecule has 1 heterocycles. The highest BCUT2D eigenvalue weighted by molar-refractivity contribution is 5.78. The third kappa shape index (κ3) is 3.48. The van der Waals surface area contributed by atoms with Crippen molar-refractivity contribution in [2.75, 3.05) is 0 Å². The van der Waals surface area contributed by atoms with E-state index in [1.54, 1.807) is 0 Å². The number of carbonyl (C=O) groups is 1. The molecule has 2 rings (SSSR count). The van der Waals surface area contributed by atoms with Crippen molar-refractivity contribution in [2.24, 2.45) is 0 Å². The SMILES string of the molecule is Cc1ccc(CNC(=O)Cc2ccccc2)o1. The summed E-state index contributed by atoms with van der Waals surface area (Å²) < 4.78 is 5.37. The average Bonchev–Trinajstić information content (AvgIpc) is 2.74. The number of furan rings is 1. The fourth-order valence-electron chi connectivity index (χ4n) is 1.61. The molecular weight excluding hydrogens is 214 g/mol. The number of amides is 1. The topological polar surface area (TPSA) is 42.2 Å². The molecule has 3 heteroatoms. The quantitative estimate of drug-likeness (QED) is 0.875. The highest BCUT2D eigenvalue weighted by Gasteiger charge is 2.04. The van der Waals surface area contributed by atoms with E-state index in [1.165, 1.54) is 0 Å². The Morgan fingerprint density at radius 2 is 1.94 bits per heavy atom. The lowest BCUT2D eigenvalue weighted by Gasteiger charge is -2.03. The summed E-state index contributed by atoms with van der Waals surface area (Å²) >= 11 is 0. The normalized spacial score (nSPS) is 10.2. The third-order valence-corrected chi connectivity index (χ3v) is 2.46. The van der Waals surface area contributed by atoms with Gasteiger partial charge in [0, 0.05) is 0 Å². The number of rotatable bonds is 4. The maximum atomic E-state index is 11.6. The second-order valence-electron chi connectivity index (χ2n) is 3.95. The summed E-state index contributed by atoms with van der Waals surface area (Å²) in [5, 5.41) is 2.83. The molecule has 3 nitrogen and oxygen atoms in total. The van der Waals surface area contributed by atoms with Crippen LogP contribution in [-0.2, 0) is 17.8 Å². The van der Waals surface area contributed by atoms with Gasteiger partial charge in [0.05, 0.1) is 13.0 Å². The number of hydrogen-bond donors (Lipinski definition) is 1. The van der Waals surface area contributed by atoms with Gasteiger partial charge < -0.3 is 9.73 Å². The van der Waals surface area contributed by atoms with Gasteiger partial charge in [0.1, 0.15) is 11.5 Å². The van der Waals surface area contributed by atoms with Crippen LogP contribution in [0, 0.1) is 6.92 Å². The molecule has 0 atom stereocenters. The molecule has 0 unspecified atom stereocenters. The minimum atomic E-state index is 0.00486. The van der Waals surface area contributed by atoms with E-state index < -0.39 is 0 Å². The van der Waals surface area contributed by atoms with E-state index in [0.29, 0.717) is 13.0 Å². The average molecular weight is 229 g/mol. The fourth-order valence-corrected chi connectivity index (χ4v) is 1.61. The maximum Gasteiger partial charge on any atom is 0.224 e. The fraction of sp³-hybridized carbons (Fsp3) is 0.214. The number of nitrogens with one attached hydrogen (secondary N) is 1. The first-order valence-electron chi connectivity index (χ1n) is 5.60. The third-order valence-electron chi connectivity index (χ3n) is 2.46. The van der Waals surface area contributed by atoms with E-state index in [-0.39, 0.29) is 5.91 Å². The Hall–Kier alpha value is -2.03. The van der Waals surface area contributed by atoms with Gasteiger partial charge in [-0.15, -0.1) is 0 Å². The van der Waals surface area contributed by atoms with Gasteiger partial charge in [0.15, 0.2) is 0 Å². The molecule has 0 saturated heterocycles. The Kier molecular flexibility index (Phi) is 3.60. The monoisotopic (exact) mass is 229 g/mol. The predicted octanol–water partition coefficient (Wildman–Crippen LogP) is 2.45. The molecule has 1 aromatic carbocycles. The first-order valence-corrected chi connectivity index (χ1v) is 5.60. The van der Waals surface area contributed by atoms with Gasteiger partial charge in [0.2, 0.25) is 5.91 Å². The summed E-state index contributed by atoms with van der Waals surface area (Å²) in [6.07, 6.45) is 0.403. The van der Waals surface area contributed by atoms with Crippen LogP contribution in [0.3, 0.4) is 0 Å². The number of aryl methyl sites for hydroxylation is 1. The molecule has 17 heavy (non-hydrogen) atoms. The van der Waals surface area contributed by atoms with E-state index >= 15 is 0 Å². The van der Waals surface area contributed by atoms with Crippen LogP contribution in [0.2, 0.25) is 0 Å². The lowest BCUT2D eigenvalue weighted by atomic mass is 10.1. The molecule has 0 fully saturated rings. The molecule has 1 amide bonds. The predicted molar refractivity (Wildman–Crippen MR) is 65.4 cm³/mol. The van der Waals surface area contributed by atoms with Crippen LogP contribution in [0.5, 0.6) is 0 Å². The molecule has 0 radical (unpaired) electrons. The molecule has 2 aromatic rings. The Labute approximate surface area is 100 Å². The molecule has 0 aliphatic carbocycles. The molecule has 0 bridgehead atoms. The van der Waals surface area contributed by atoms with Gasteiger partial charge in [0.25, 0.3) is 0 Å². The van der Waals surface area contributed by atoms with Gasteiger partial charge in [-0.1, -0.05) is 30.3 Å². The lowest BCUT2D eigenvalue weighted by molar-refractivity contribution is -0.120. The molecular formula is C14H15NO2. The largest absolute Gasteiger partial charge is 0.465 e. The zero-order chi connectivity index (χ0) is 12.1. The minimum Gasteiger partial charge on any atom is -0.465 e. The maximum absolute atomic E-state index is 11.6. The van der Waals surface area contributed by atoms with Crippen molar-refractivity contribution in [1.82, 2.24) is 5.32 Å². The van der Waals surface area contributed by atoms with Crippen LogP contribution >= 0.6 is 0 Å². The molecule has 88 valence electrons. The van der Waals surface area contributed by atoms with Crippen molar-refractivity contribution >= 4 is 5.91 Å². The Bertz CT molecular complexity index is 488. The van der Waals surface area contributed by atoms with Crippen molar-refractivity contribution in [2.45, 2.75) is 19.9 Å². The van der Waals surface area contributed by atoms with E-state index in [2.05, 4.69) is 5.32 Å². The number of carbonyl (C=O) groups excluding carboxylic acids is 1. The second kappa shape index (κ2) is 5.34. The minimum absolute atomic E-state index is 0.00486. The summed E-state index contributed by atoms with van der Waals surface area (Å²) in [6.45, 7) is 2.33. The number of hydrogen-bond acceptors (Lipinski definition) is 2. The first kappa shape index (κ1) is 11.5. The Morgan fingerprint density at radius 3 is 2.59 bits per heavy atom. The lowest BCUT2D eigenvalue weighted by Crippen LogP contribution is -2.24. The van der Waals surface area contributed by atoms with Crippen LogP contribution < -0.4 is 5.32 Å².